The first-order chi connectivity index (χ1) is 14.4. The van der Waals surface area contributed by atoms with E-state index in [2.05, 4.69) is 0 Å². The van der Waals surface area contributed by atoms with E-state index in [4.69, 9.17) is 9.47 Å². The Morgan fingerprint density at radius 3 is 2.16 bits per heavy atom. The maximum Gasteiger partial charge on any atom is 0.416 e. The molecule has 1 aromatic carbocycles. The molecule has 2 saturated heterocycles. The minimum atomic E-state index is -4.37. The maximum absolute atomic E-state index is 13.3. The molecule has 0 spiro atoms. The lowest BCUT2D eigenvalue weighted by atomic mass is 9.90. The van der Waals surface area contributed by atoms with Gasteiger partial charge < -0.3 is 19.3 Å². The molecule has 2 aliphatic rings. The summed E-state index contributed by atoms with van der Waals surface area (Å²) in [4.78, 5) is 29.3. The molecule has 0 saturated carbocycles. The Morgan fingerprint density at radius 2 is 1.71 bits per heavy atom. The second kappa shape index (κ2) is 8.68. The van der Waals surface area contributed by atoms with E-state index in [-0.39, 0.29) is 11.8 Å². The third-order valence-corrected chi connectivity index (χ3v) is 5.55. The fraction of sp³-hybridized carbons (Fsp3) is 0.636. The zero-order valence-corrected chi connectivity index (χ0v) is 18.2. The second-order valence-electron chi connectivity index (χ2n) is 8.95. The van der Waals surface area contributed by atoms with Crippen LogP contribution < -0.4 is 4.90 Å². The summed E-state index contributed by atoms with van der Waals surface area (Å²) in [7, 11) is 0. The average molecular weight is 442 g/mol. The first-order valence-corrected chi connectivity index (χ1v) is 10.5. The third kappa shape index (κ3) is 5.50. The number of amides is 1. The van der Waals surface area contributed by atoms with Crippen molar-refractivity contribution >= 4 is 17.6 Å². The van der Waals surface area contributed by atoms with Crippen LogP contribution in [0.4, 0.5) is 18.9 Å². The number of hydrogen-bond donors (Lipinski definition) is 0. The zero-order valence-electron chi connectivity index (χ0n) is 18.2. The quantitative estimate of drug-likeness (QED) is 0.651. The maximum atomic E-state index is 13.3. The molecule has 2 heterocycles. The molecule has 1 amide bonds. The van der Waals surface area contributed by atoms with E-state index < -0.39 is 35.5 Å². The number of alkyl halides is 3. The molecule has 0 radical (unpaired) electrons. The number of nitrogens with zero attached hydrogens (tertiary/aromatic N) is 2. The number of piperazine rings is 1. The molecule has 2 fully saturated rings. The van der Waals surface area contributed by atoms with Crippen LogP contribution in [0.1, 0.15) is 39.7 Å². The van der Waals surface area contributed by atoms with E-state index in [1.165, 1.54) is 12.1 Å². The molecule has 1 aromatic rings. The number of anilines is 1. The first kappa shape index (κ1) is 23.4. The van der Waals surface area contributed by atoms with E-state index >= 15 is 0 Å². The molecular formula is C22H29F3N2O4. The summed E-state index contributed by atoms with van der Waals surface area (Å²) in [5, 5.41) is 0. The molecule has 172 valence electrons. The highest BCUT2D eigenvalue weighted by Crippen LogP contribution is 2.33. The third-order valence-electron chi connectivity index (χ3n) is 5.55. The molecule has 0 unspecified atom stereocenters. The van der Waals surface area contributed by atoms with E-state index in [1.54, 1.807) is 18.7 Å². The van der Waals surface area contributed by atoms with E-state index in [9.17, 15) is 22.8 Å². The minimum Gasteiger partial charge on any atom is -0.432 e. The summed E-state index contributed by atoms with van der Waals surface area (Å²) in [5.41, 5.74) is -0.00347. The fourth-order valence-corrected chi connectivity index (χ4v) is 4.07. The van der Waals surface area contributed by atoms with Gasteiger partial charge in [0.05, 0.1) is 11.5 Å². The number of cyclic esters (lactones) is 1. The topological polar surface area (TPSA) is 59.1 Å². The standard InChI is InChI=1S/C22H29F3N2O4/c1-14(2)13-17(18-20(29)31-21(3,4)30-18)19(28)27-11-9-26(10-12-27)16-7-5-15(6-8-16)22(23,24)25/h5-8,14,17-18H,9-13H2,1-4H3/t17-,18+/m0/s1. The zero-order chi connectivity index (χ0) is 23.0. The monoisotopic (exact) mass is 442 g/mol. The summed E-state index contributed by atoms with van der Waals surface area (Å²) in [5.74, 6) is -2.18. The van der Waals surface area contributed by atoms with Gasteiger partial charge in [-0.05, 0) is 36.6 Å². The fourth-order valence-electron chi connectivity index (χ4n) is 4.07. The Morgan fingerprint density at radius 1 is 1.13 bits per heavy atom. The summed E-state index contributed by atoms with van der Waals surface area (Å²) < 4.78 is 49.3. The van der Waals surface area contributed by atoms with Crippen molar-refractivity contribution in [3.8, 4) is 0 Å². The van der Waals surface area contributed by atoms with E-state index in [1.807, 2.05) is 18.7 Å². The van der Waals surface area contributed by atoms with Crippen molar-refractivity contribution in [1.82, 2.24) is 4.90 Å². The van der Waals surface area contributed by atoms with Gasteiger partial charge in [0.25, 0.3) is 0 Å². The van der Waals surface area contributed by atoms with Gasteiger partial charge in [-0.2, -0.15) is 13.2 Å². The number of rotatable bonds is 5. The lowest BCUT2D eigenvalue weighted by Crippen LogP contribution is -2.52. The number of benzene rings is 1. The van der Waals surface area contributed by atoms with E-state index in [0.29, 0.717) is 38.3 Å². The summed E-state index contributed by atoms with van der Waals surface area (Å²) >= 11 is 0. The molecule has 0 bridgehead atoms. The molecule has 3 rings (SSSR count). The van der Waals surface area contributed by atoms with Crippen molar-refractivity contribution in [2.75, 3.05) is 31.1 Å². The van der Waals surface area contributed by atoms with Crippen LogP contribution >= 0.6 is 0 Å². The van der Waals surface area contributed by atoms with E-state index in [0.717, 1.165) is 12.1 Å². The first-order valence-electron chi connectivity index (χ1n) is 10.5. The normalized spacial score (nSPS) is 22.6. The lowest BCUT2D eigenvalue weighted by molar-refractivity contribution is -0.163. The Labute approximate surface area is 180 Å². The molecule has 9 heteroatoms. The van der Waals surface area contributed by atoms with Gasteiger partial charge in [0.15, 0.2) is 6.10 Å². The van der Waals surface area contributed by atoms with Gasteiger partial charge in [-0.25, -0.2) is 4.79 Å². The highest BCUT2D eigenvalue weighted by molar-refractivity contribution is 5.88. The predicted octanol–water partition coefficient (Wildman–Crippen LogP) is 3.69. The average Bonchev–Trinajstić information content (AvgIpc) is 2.97. The molecule has 6 nitrogen and oxygen atoms in total. The Bertz CT molecular complexity index is 800. The van der Waals surface area contributed by atoms with Crippen molar-refractivity contribution in [2.45, 2.75) is 52.2 Å². The van der Waals surface area contributed by atoms with Crippen molar-refractivity contribution in [3.63, 3.8) is 0 Å². The SMILES string of the molecule is CC(C)C[C@H](C(=O)N1CCN(c2ccc(C(F)(F)F)cc2)CC1)[C@H]1OC(C)(C)OC1=O. The second-order valence-corrected chi connectivity index (χ2v) is 8.95. The van der Waals surface area contributed by atoms with Crippen molar-refractivity contribution < 1.29 is 32.2 Å². The molecule has 2 aliphatic heterocycles. The number of ether oxygens (including phenoxy) is 2. The molecular weight excluding hydrogens is 413 g/mol. The molecule has 2 atom stereocenters. The summed E-state index contributed by atoms with van der Waals surface area (Å²) in [6, 6.07) is 5.03. The van der Waals surface area contributed by atoms with Crippen LogP contribution in [-0.4, -0.2) is 54.8 Å². The largest absolute Gasteiger partial charge is 0.432 e. The number of carbonyl (C=O) groups excluding carboxylic acids is 2. The molecule has 0 aromatic heterocycles. The minimum absolute atomic E-state index is 0.152. The van der Waals surface area contributed by atoms with Gasteiger partial charge in [-0.3, -0.25) is 4.79 Å². The van der Waals surface area contributed by atoms with Crippen molar-refractivity contribution in [2.24, 2.45) is 11.8 Å². The lowest BCUT2D eigenvalue weighted by Gasteiger charge is -2.38. The van der Waals surface area contributed by atoms with Crippen LogP contribution in [0.2, 0.25) is 0 Å². The number of carbonyl (C=O) groups is 2. The molecule has 31 heavy (non-hydrogen) atoms. The van der Waals surface area contributed by atoms with Crippen molar-refractivity contribution in [3.05, 3.63) is 29.8 Å². The Kier molecular flexibility index (Phi) is 6.55. The summed E-state index contributed by atoms with van der Waals surface area (Å²) in [6.07, 6.45) is -4.81. The highest BCUT2D eigenvalue weighted by Gasteiger charge is 2.48. The predicted molar refractivity (Wildman–Crippen MR) is 108 cm³/mol. The van der Waals surface area contributed by atoms with Gasteiger partial charge in [-0.1, -0.05) is 13.8 Å². The van der Waals surface area contributed by atoms with Crippen LogP contribution in [-0.2, 0) is 25.2 Å². The Balaban J connectivity index is 1.65. The van der Waals surface area contributed by atoms with Crippen LogP contribution in [0.5, 0.6) is 0 Å². The van der Waals surface area contributed by atoms with Crippen LogP contribution in [0.25, 0.3) is 0 Å². The Hall–Kier alpha value is -2.29. The summed E-state index contributed by atoms with van der Waals surface area (Å²) in [6.45, 7) is 9.07. The van der Waals surface area contributed by atoms with Crippen LogP contribution in [0.15, 0.2) is 24.3 Å². The van der Waals surface area contributed by atoms with Crippen molar-refractivity contribution in [1.29, 1.82) is 0 Å². The van der Waals surface area contributed by atoms with Crippen LogP contribution in [0.3, 0.4) is 0 Å². The number of halogens is 3. The van der Waals surface area contributed by atoms with Gasteiger partial charge in [0, 0.05) is 45.7 Å². The number of hydrogen-bond acceptors (Lipinski definition) is 5. The van der Waals surface area contributed by atoms with Gasteiger partial charge in [-0.15, -0.1) is 0 Å². The van der Waals surface area contributed by atoms with Gasteiger partial charge >= 0.3 is 12.1 Å². The smallest absolute Gasteiger partial charge is 0.416 e. The highest BCUT2D eigenvalue weighted by atomic mass is 19.4. The van der Waals surface area contributed by atoms with Crippen LogP contribution in [0, 0.1) is 11.8 Å². The number of esters is 1. The molecule has 0 N–H and O–H groups in total. The van der Waals surface area contributed by atoms with Gasteiger partial charge in [0.1, 0.15) is 0 Å². The molecule has 0 aliphatic carbocycles. The van der Waals surface area contributed by atoms with Gasteiger partial charge in [0.2, 0.25) is 11.7 Å².